The molecule has 1 heterocycles. The van der Waals surface area contributed by atoms with Crippen LogP contribution in [0.15, 0.2) is 48.5 Å². The molecule has 0 aromatic heterocycles. The first-order chi connectivity index (χ1) is 13.7. The van der Waals surface area contributed by atoms with Crippen LogP contribution < -0.4 is 10.6 Å². The molecule has 1 atom stereocenters. The number of hydrogen-bond donors (Lipinski definition) is 2. The van der Waals surface area contributed by atoms with Crippen LogP contribution in [0.2, 0.25) is 0 Å². The third-order valence-electron chi connectivity index (χ3n) is 5.00. The lowest BCUT2D eigenvalue weighted by Crippen LogP contribution is -2.44. The van der Waals surface area contributed by atoms with Crippen LogP contribution in [0.4, 0.5) is 4.39 Å². The monoisotopic (exact) mass is 401 g/mol. The standard InChI is InChI=1S/C22H28FN3OS/c1-2-17-6-8-18(9-7-17)21(19-4-3-5-20(23)16-19)25-22(28)24-10-11-26-12-14-27-15-13-26/h3-9,16,21H,2,10-15H2,1H3,(H2,24,25,28)/t21-/m0/s1. The lowest BCUT2D eigenvalue weighted by atomic mass is 9.97. The summed E-state index contributed by atoms with van der Waals surface area (Å²) in [5, 5.41) is 7.22. The van der Waals surface area contributed by atoms with E-state index < -0.39 is 0 Å². The average molecular weight is 402 g/mol. The number of morpholine rings is 1. The summed E-state index contributed by atoms with van der Waals surface area (Å²) in [5.41, 5.74) is 3.18. The fraction of sp³-hybridized carbons (Fsp3) is 0.409. The Hall–Kier alpha value is -2.02. The van der Waals surface area contributed by atoms with Gasteiger partial charge in [-0.3, -0.25) is 4.90 Å². The summed E-state index contributed by atoms with van der Waals surface area (Å²) in [5.74, 6) is -0.249. The second-order valence-electron chi connectivity index (χ2n) is 6.94. The van der Waals surface area contributed by atoms with Crippen LogP contribution in [0.3, 0.4) is 0 Å². The number of nitrogens with zero attached hydrogens (tertiary/aromatic N) is 1. The van der Waals surface area contributed by atoms with E-state index in [9.17, 15) is 4.39 Å². The molecule has 0 amide bonds. The normalized spacial score (nSPS) is 15.8. The highest BCUT2D eigenvalue weighted by Crippen LogP contribution is 2.23. The summed E-state index contributed by atoms with van der Waals surface area (Å²) in [6.07, 6.45) is 0.986. The van der Waals surface area contributed by atoms with Gasteiger partial charge in [-0.05, 0) is 47.5 Å². The maximum Gasteiger partial charge on any atom is 0.167 e. The smallest absolute Gasteiger partial charge is 0.167 e. The van der Waals surface area contributed by atoms with Crippen LogP contribution in [0, 0.1) is 5.82 Å². The predicted molar refractivity (Wildman–Crippen MR) is 115 cm³/mol. The van der Waals surface area contributed by atoms with E-state index >= 15 is 0 Å². The van der Waals surface area contributed by atoms with E-state index in [0.29, 0.717) is 5.11 Å². The van der Waals surface area contributed by atoms with Gasteiger partial charge in [-0.15, -0.1) is 0 Å². The van der Waals surface area contributed by atoms with Crippen molar-refractivity contribution in [2.75, 3.05) is 39.4 Å². The molecule has 0 spiro atoms. The molecule has 1 aliphatic rings. The van der Waals surface area contributed by atoms with Crippen molar-refractivity contribution in [3.05, 3.63) is 71.0 Å². The van der Waals surface area contributed by atoms with Crippen molar-refractivity contribution in [3.63, 3.8) is 0 Å². The van der Waals surface area contributed by atoms with E-state index in [0.717, 1.165) is 56.9 Å². The van der Waals surface area contributed by atoms with E-state index in [2.05, 4.69) is 46.7 Å². The molecule has 2 aromatic rings. The largest absolute Gasteiger partial charge is 0.379 e. The van der Waals surface area contributed by atoms with Gasteiger partial charge < -0.3 is 15.4 Å². The molecular formula is C22H28FN3OS. The Morgan fingerprint density at radius 3 is 2.57 bits per heavy atom. The first-order valence-electron chi connectivity index (χ1n) is 9.84. The molecule has 3 rings (SSSR count). The van der Waals surface area contributed by atoms with Gasteiger partial charge in [-0.1, -0.05) is 43.3 Å². The van der Waals surface area contributed by atoms with Gasteiger partial charge in [-0.25, -0.2) is 4.39 Å². The van der Waals surface area contributed by atoms with Crippen molar-refractivity contribution >= 4 is 17.3 Å². The summed E-state index contributed by atoms with van der Waals surface area (Å²) in [4.78, 5) is 2.35. The zero-order valence-corrected chi connectivity index (χ0v) is 17.1. The molecule has 1 fully saturated rings. The van der Waals surface area contributed by atoms with Crippen LogP contribution in [0.25, 0.3) is 0 Å². The molecule has 1 saturated heterocycles. The van der Waals surface area contributed by atoms with Crippen LogP contribution >= 0.6 is 12.2 Å². The molecule has 0 radical (unpaired) electrons. The molecule has 2 N–H and O–H groups in total. The number of hydrogen-bond acceptors (Lipinski definition) is 3. The number of thiocarbonyl (C=S) groups is 1. The van der Waals surface area contributed by atoms with Gasteiger partial charge in [0.05, 0.1) is 19.3 Å². The third-order valence-corrected chi connectivity index (χ3v) is 5.26. The minimum atomic E-state index is -0.249. The Morgan fingerprint density at radius 2 is 1.89 bits per heavy atom. The molecular weight excluding hydrogens is 373 g/mol. The quantitative estimate of drug-likeness (QED) is 0.697. The minimum Gasteiger partial charge on any atom is -0.379 e. The van der Waals surface area contributed by atoms with Gasteiger partial charge in [-0.2, -0.15) is 0 Å². The highest BCUT2D eigenvalue weighted by molar-refractivity contribution is 7.80. The zero-order chi connectivity index (χ0) is 19.8. The SMILES string of the molecule is CCc1ccc([C@H](NC(=S)NCCN2CCOCC2)c2cccc(F)c2)cc1. The van der Waals surface area contributed by atoms with Gasteiger partial charge in [0.15, 0.2) is 5.11 Å². The Labute approximate surface area is 172 Å². The molecule has 4 nitrogen and oxygen atoms in total. The Balaban J connectivity index is 1.65. The highest BCUT2D eigenvalue weighted by atomic mass is 32.1. The Bertz CT molecular complexity index is 763. The van der Waals surface area contributed by atoms with Crippen molar-refractivity contribution in [2.24, 2.45) is 0 Å². The summed E-state index contributed by atoms with van der Waals surface area (Å²) in [6, 6.07) is 14.8. The van der Waals surface area contributed by atoms with Gasteiger partial charge in [0.1, 0.15) is 5.82 Å². The maximum absolute atomic E-state index is 13.8. The first kappa shape index (κ1) is 20.7. The maximum atomic E-state index is 13.8. The van der Waals surface area contributed by atoms with E-state index in [4.69, 9.17) is 17.0 Å². The summed E-state index contributed by atoms with van der Waals surface area (Å²) < 4.78 is 19.2. The van der Waals surface area contributed by atoms with Crippen molar-refractivity contribution < 1.29 is 9.13 Å². The van der Waals surface area contributed by atoms with E-state index in [1.165, 1.54) is 11.6 Å². The first-order valence-corrected chi connectivity index (χ1v) is 10.3. The number of aryl methyl sites for hydroxylation is 1. The lowest BCUT2D eigenvalue weighted by Gasteiger charge is -2.27. The lowest BCUT2D eigenvalue weighted by molar-refractivity contribution is 0.0389. The predicted octanol–water partition coefficient (Wildman–Crippen LogP) is 3.27. The number of halogens is 1. The van der Waals surface area contributed by atoms with E-state index in [1.807, 2.05) is 6.07 Å². The molecule has 0 saturated carbocycles. The molecule has 0 bridgehead atoms. The van der Waals surface area contributed by atoms with E-state index in [1.54, 1.807) is 12.1 Å². The van der Waals surface area contributed by atoms with Crippen molar-refractivity contribution in [1.29, 1.82) is 0 Å². The number of rotatable bonds is 7. The van der Waals surface area contributed by atoms with E-state index in [-0.39, 0.29) is 11.9 Å². The van der Waals surface area contributed by atoms with Gasteiger partial charge in [0, 0.05) is 26.2 Å². The number of nitrogens with one attached hydrogen (secondary N) is 2. The van der Waals surface area contributed by atoms with Crippen LogP contribution in [0.1, 0.15) is 29.7 Å². The van der Waals surface area contributed by atoms with Gasteiger partial charge >= 0.3 is 0 Å². The summed E-state index contributed by atoms with van der Waals surface area (Å²) in [6.45, 7) is 7.30. The van der Waals surface area contributed by atoms with Crippen LogP contribution in [0.5, 0.6) is 0 Å². The number of benzene rings is 2. The van der Waals surface area contributed by atoms with Crippen molar-refractivity contribution in [3.8, 4) is 0 Å². The topological polar surface area (TPSA) is 36.5 Å². The van der Waals surface area contributed by atoms with Crippen molar-refractivity contribution in [2.45, 2.75) is 19.4 Å². The Morgan fingerprint density at radius 1 is 1.14 bits per heavy atom. The fourth-order valence-corrected chi connectivity index (χ4v) is 3.55. The zero-order valence-electron chi connectivity index (χ0n) is 16.3. The fourth-order valence-electron chi connectivity index (χ4n) is 3.33. The Kier molecular flexibility index (Phi) is 7.77. The average Bonchev–Trinajstić information content (AvgIpc) is 2.73. The second kappa shape index (κ2) is 10.5. The highest BCUT2D eigenvalue weighted by Gasteiger charge is 2.16. The van der Waals surface area contributed by atoms with Crippen molar-refractivity contribution in [1.82, 2.24) is 15.5 Å². The number of ether oxygens (including phenoxy) is 1. The molecule has 1 aliphatic heterocycles. The molecule has 6 heteroatoms. The summed E-state index contributed by atoms with van der Waals surface area (Å²) in [7, 11) is 0. The van der Waals surface area contributed by atoms with Gasteiger partial charge in [0.25, 0.3) is 0 Å². The third kappa shape index (κ3) is 5.99. The molecule has 0 unspecified atom stereocenters. The molecule has 150 valence electrons. The minimum absolute atomic E-state index is 0.204. The van der Waals surface area contributed by atoms with Crippen LogP contribution in [-0.2, 0) is 11.2 Å². The van der Waals surface area contributed by atoms with Gasteiger partial charge in [0.2, 0.25) is 0 Å². The second-order valence-corrected chi connectivity index (χ2v) is 7.35. The van der Waals surface area contributed by atoms with Crippen LogP contribution in [-0.4, -0.2) is 49.4 Å². The molecule has 28 heavy (non-hydrogen) atoms. The summed E-state index contributed by atoms with van der Waals surface area (Å²) >= 11 is 5.52. The molecule has 2 aromatic carbocycles. The molecule has 0 aliphatic carbocycles.